The van der Waals surface area contributed by atoms with Gasteiger partial charge in [0.15, 0.2) is 0 Å². The number of amides is 1. The van der Waals surface area contributed by atoms with Gasteiger partial charge in [-0.2, -0.15) is 0 Å². The zero-order valence-corrected chi connectivity index (χ0v) is 21.3. The summed E-state index contributed by atoms with van der Waals surface area (Å²) < 4.78 is 32.1. The molecule has 180 valence electrons. The first-order valence-corrected chi connectivity index (χ1v) is 12.9. The van der Waals surface area contributed by atoms with Gasteiger partial charge in [0.25, 0.3) is 15.9 Å². The molecule has 4 rings (SSSR count). The number of hydrogen-bond donors (Lipinski definition) is 2. The maximum Gasteiger partial charge on any atom is 0.265 e. The summed E-state index contributed by atoms with van der Waals surface area (Å²) in [5.41, 5.74) is 4.49. The monoisotopic (exact) mass is 528 g/mol. The Morgan fingerprint density at radius 3 is 2.49 bits per heavy atom. The van der Waals surface area contributed by atoms with Crippen molar-refractivity contribution in [2.45, 2.75) is 13.3 Å². The second-order valence-electron chi connectivity index (χ2n) is 7.95. The van der Waals surface area contributed by atoms with E-state index in [9.17, 15) is 13.2 Å². The number of benzene rings is 3. The molecule has 1 aromatic heterocycles. The van der Waals surface area contributed by atoms with Gasteiger partial charge in [-0.25, -0.2) is 13.1 Å². The summed E-state index contributed by atoms with van der Waals surface area (Å²) in [6, 6.07) is 17.2. The number of H-pyrrole nitrogens is 1. The fourth-order valence-corrected chi connectivity index (χ4v) is 4.97. The molecule has 0 fully saturated rings. The lowest BCUT2D eigenvalue weighted by Gasteiger charge is -2.07. The topological polar surface area (TPSA) is 88.3 Å². The number of sulfonamides is 1. The van der Waals surface area contributed by atoms with Crippen molar-refractivity contribution in [3.63, 3.8) is 0 Å². The number of nitrogens with one attached hydrogen (secondary N) is 2. The fourth-order valence-electron chi connectivity index (χ4n) is 3.71. The number of rotatable bonds is 7. The normalized spacial score (nSPS) is 11.8. The molecule has 35 heavy (non-hydrogen) atoms. The minimum atomic E-state index is -4.01. The summed E-state index contributed by atoms with van der Waals surface area (Å²) in [7, 11) is -2.46. The van der Waals surface area contributed by atoms with Crippen LogP contribution in [0, 0.1) is 6.92 Å². The Morgan fingerprint density at radius 2 is 1.80 bits per heavy atom. The minimum Gasteiger partial charge on any atom is -0.497 e. The standard InChI is InChI=1S/C26H22Cl2N2O4S/c1-16-22(13-18-5-7-20(27)15-24(18)28)23-14-19(6-10-25(23)29-16)26(31)30-35(32,33)12-11-17-3-8-21(34-2)9-4-17/h3-12,14-15,29H,13H2,1-2H3,(H,30,31)/b12-11+. The fraction of sp³-hybridized carbons (Fsp3) is 0.115. The molecule has 6 nitrogen and oxygen atoms in total. The van der Waals surface area contributed by atoms with E-state index in [0.29, 0.717) is 27.8 Å². The van der Waals surface area contributed by atoms with Crippen molar-refractivity contribution in [2.75, 3.05) is 7.11 Å². The van der Waals surface area contributed by atoms with E-state index in [2.05, 4.69) is 9.71 Å². The van der Waals surface area contributed by atoms with Gasteiger partial charge in [0.1, 0.15) is 5.75 Å². The van der Waals surface area contributed by atoms with Gasteiger partial charge >= 0.3 is 0 Å². The van der Waals surface area contributed by atoms with E-state index in [-0.39, 0.29) is 5.56 Å². The van der Waals surface area contributed by atoms with Crippen LogP contribution >= 0.6 is 23.2 Å². The molecule has 0 aliphatic carbocycles. The molecule has 0 atom stereocenters. The van der Waals surface area contributed by atoms with Crippen LogP contribution < -0.4 is 9.46 Å². The van der Waals surface area contributed by atoms with Crippen molar-refractivity contribution in [1.82, 2.24) is 9.71 Å². The van der Waals surface area contributed by atoms with E-state index >= 15 is 0 Å². The van der Waals surface area contributed by atoms with Crippen LogP contribution in [-0.2, 0) is 16.4 Å². The lowest BCUT2D eigenvalue weighted by molar-refractivity contribution is 0.0982. The maximum absolute atomic E-state index is 12.8. The lowest BCUT2D eigenvalue weighted by Crippen LogP contribution is -2.28. The molecule has 0 unspecified atom stereocenters. The first kappa shape index (κ1) is 24.9. The highest BCUT2D eigenvalue weighted by Crippen LogP contribution is 2.29. The summed E-state index contributed by atoms with van der Waals surface area (Å²) >= 11 is 12.4. The largest absolute Gasteiger partial charge is 0.497 e. The Balaban J connectivity index is 1.56. The van der Waals surface area contributed by atoms with Crippen molar-refractivity contribution in [3.05, 3.63) is 104 Å². The van der Waals surface area contributed by atoms with Crippen LogP contribution in [-0.4, -0.2) is 26.4 Å². The molecular formula is C26H22Cl2N2O4S. The summed E-state index contributed by atoms with van der Waals surface area (Å²) in [6.07, 6.45) is 1.93. The average Bonchev–Trinajstić information content (AvgIpc) is 3.13. The molecule has 3 aromatic carbocycles. The zero-order chi connectivity index (χ0) is 25.2. The van der Waals surface area contributed by atoms with Crippen LogP contribution in [0.3, 0.4) is 0 Å². The molecule has 0 radical (unpaired) electrons. The van der Waals surface area contributed by atoms with Crippen molar-refractivity contribution in [2.24, 2.45) is 0 Å². The van der Waals surface area contributed by atoms with Gasteiger partial charge in [0.2, 0.25) is 0 Å². The number of aryl methyl sites for hydroxylation is 1. The van der Waals surface area contributed by atoms with Crippen molar-refractivity contribution >= 4 is 56.1 Å². The van der Waals surface area contributed by atoms with Crippen LogP contribution in [0.4, 0.5) is 0 Å². The van der Waals surface area contributed by atoms with E-state index in [4.69, 9.17) is 27.9 Å². The molecule has 0 spiro atoms. The predicted molar refractivity (Wildman–Crippen MR) is 141 cm³/mol. The number of ether oxygens (including phenoxy) is 1. The van der Waals surface area contributed by atoms with Crippen molar-refractivity contribution < 1.29 is 17.9 Å². The van der Waals surface area contributed by atoms with E-state index < -0.39 is 15.9 Å². The molecule has 0 aliphatic rings. The number of carbonyl (C=O) groups is 1. The number of methoxy groups -OCH3 is 1. The number of carbonyl (C=O) groups excluding carboxylic acids is 1. The number of hydrogen-bond acceptors (Lipinski definition) is 4. The maximum atomic E-state index is 12.8. The molecule has 4 aromatic rings. The van der Waals surface area contributed by atoms with Crippen LogP contribution in [0.1, 0.15) is 32.7 Å². The average molecular weight is 529 g/mol. The SMILES string of the molecule is COc1ccc(/C=C/S(=O)(=O)NC(=O)c2ccc3[nH]c(C)c(Cc4ccc(Cl)cc4Cl)c3c2)cc1. The Kier molecular flexibility index (Phi) is 7.21. The van der Waals surface area contributed by atoms with Gasteiger partial charge in [-0.1, -0.05) is 41.4 Å². The quantitative estimate of drug-likeness (QED) is 0.302. The first-order valence-electron chi connectivity index (χ1n) is 10.6. The number of fused-ring (bicyclic) bond motifs is 1. The van der Waals surface area contributed by atoms with Crippen LogP contribution in [0.5, 0.6) is 5.75 Å². The molecule has 0 bridgehead atoms. The highest BCUT2D eigenvalue weighted by molar-refractivity contribution is 7.93. The Hall–Kier alpha value is -3.26. The second-order valence-corrected chi connectivity index (χ2v) is 10.4. The van der Waals surface area contributed by atoms with Gasteiger partial charge in [0.05, 0.1) is 12.5 Å². The molecule has 2 N–H and O–H groups in total. The van der Waals surface area contributed by atoms with E-state index in [1.807, 2.05) is 13.0 Å². The Bertz CT molecular complexity index is 1540. The van der Waals surface area contributed by atoms with Crippen LogP contribution in [0.25, 0.3) is 17.0 Å². The first-order chi connectivity index (χ1) is 16.6. The van der Waals surface area contributed by atoms with Gasteiger partial charge < -0.3 is 9.72 Å². The van der Waals surface area contributed by atoms with Gasteiger partial charge in [0, 0.05) is 38.6 Å². The molecule has 1 amide bonds. The van der Waals surface area contributed by atoms with E-state index in [1.165, 1.54) is 6.08 Å². The Labute approximate surface area is 213 Å². The number of aromatic amines is 1. The van der Waals surface area contributed by atoms with Crippen LogP contribution in [0.2, 0.25) is 10.0 Å². The Morgan fingerprint density at radius 1 is 1.06 bits per heavy atom. The third-order valence-electron chi connectivity index (χ3n) is 5.55. The molecule has 0 aliphatic heterocycles. The van der Waals surface area contributed by atoms with E-state index in [1.54, 1.807) is 61.7 Å². The molecule has 0 saturated carbocycles. The smallest absolute Gasteiger partial charge is 0.265 e. The summed E-state index contributed by atoms with van der Waals surface area (Å²) in [6.45, 7) is 1.94. The third kappa shape index (κ3) is 5.88. The highest BCUT2D eigenvalue weighted by atomic mass is 35.5. The molecule has 9 heteroatoms. The molecule has 0 saturated heterocycles. The summed E-state index contributed by atoms with van der Waals surface area (Å²) in [5.74, 6) is -0.0630. The van der Waals surface area contributed by atoms with Crippen LogP contribution in [0.15, 0.2) is 66.1 Å². The van der Waals surface area contributed by atoms with Crippen molar-refractivity contribution in [1.29, 1.82) is 0 Å². The summed E-state index contributed by atoms with van der Waals surface area (Å²) in [4.78, 5) is 16.1. The number of aromatic nitrogens is 1. The van der Waals surface area contributed by atoms with Crippen molar-refractivity contribution in [3.8, 4) is 5.75 Å². The minimum absolute atomic E-state index is 0.223. The number of halogens is 2. The third-order valence-corrected chi connectivity index (χ3v) is 7.11. The summed E-state index contributed by atoms with van der Waals surface area (Å²) in [5, 5.41) is 2.87. The predicted octanol–water partition coefficient (Wildman–Crippen LogP) is 6.11. The van der Waals surface area contributed by atoms with Gasteiger partial charge in [-0.3, -0.25) is 4.79 Å². The lowest BCUT2D eigenvalue weighted by atomic mass is 10.0. The van der Waals surface area contributed by atoms with E-state index in [0.717, 1.165) is 33.1 Å². The zero-order valence-electron chi connectivity index (χ0n) is 18.9. The second kappa shape index (κ2) is 10.2. The molecular weight excluding hydrogens is 507 g/mol. The molecule has 1 heterocycles. The highest BCUT2D eigenvalue weighted by Gasteiger charge is 2.17. The van der Waals surface area contributed by atoms with Gasteiger partial charge in [-0.05, 0) is 72.2 Å². The van der Waals surface area contributed by atoms with Gasteiger partial charge in [-0.15, -0.1) is 0 Å².